The number of benzene rings is 1. The number of nitrogens with zero attached hydrogens (tertiary/aromatic N) is 3. The fourth-order valence-corrected chi connectivity index (χ4v) is 2.56. The molecule has 1 aliphatic heterocycles. The van der Waals surface area contributed by atoms with Gasteiger partial charge in [-0.25, -0.2) is 4.98 Å². The second kappa shape index (κ2) is 4.48. The van der Waals surface area contributed by atoms with Crippen molar-refractivity contribution in [1.82, 2.24) is 14.5 Å². The van der Waals surface area contributed by atoms with Gasteiger partial charge in [-0.15, -0.1) is 0 Å². The molecule has 20 heavy (non-hydrogen) atoms. The number of carbonyl (C=O) groups excluding carboxylic acids is 2. The van der Waals surface area contributed by atoms with Crippen molar-refractivity contribution in [2.45, 2.75) is 19.5 Å². The second-order valence-corrected chi connectivity index (χ2v) is 4.61. The Morgan fingerprint density at radius 3 is 2.25 bits per heavy atom. The van der Waals surface area contributed by atoms with Crippen LogP contribution in [0.25, 0.3) is 0 Å². The molecule has 0 spiro atoms. The van der Waals surface area contributed by atoms with Crippen molar-refractivity contribution >= 4 is 17.8 Å². The van der Waals surface area contributed by atoms with Gasteiger partial charge in [-0.1, -0.05) is 19.1 Å². The van der Waals surface area contributed by atoms with Gasteiger partial charge in [-0.05, 0) is 18.6 Å². The maximum atomic E-state index is 12.4. The second-order valence-electron chi connectivity index (χ2n) is 4.61. The molecule has 102 valence electrons. The number of carbonyl (C=O) groups is 2. The molecule has 2 amide bonds. The van der Waals surface area contributed by atoms with E-state index in [0.29, 0.717) is 17.5 Å². The number of amides is 2. The lowest BCUT2D eigenvalue weighted by atomic mass is 10.1. The highest BCUT2D eigenvalue weighted by Gasteiger charge is 2.40. The normalized spacial score (nSPS) is 15.6. The van der Waals surface area contributed by atoms with Crippen LogP contribution in [0.3, 0.4) is 0 Å². The van der Waals surface area contributed by atoms with Crippen LogP contribution in [-0.2, 0) is 0 Å². The van der Waals surface area contributed by atoms with E-state index in [1.54, 1.807) is 41.2 Å². The first kappa shape index (κ1) is 12.4. The van der Waals surface area contributed by atoms with Crippen molar-refractivity contribution in [1.29, 1.82) is 0 Å². The van der Waals surface area contributed by atoms with Crippen molar-refractivity contribution < 1.29 is 9.59 Å². The van der Waals surface area contributed by atoms with E-state index in [1.807, 2.05) is 6.92 Å². The average molecular weight is 270 g/mol. The number of aromatic nitrogens is 2. The summed E-state index contributed by atoms with van der Waals surface area (Å²) in [5, 5.41) is 0. The average Bonchev–Trinajstić information content (AvgIpc) is 2.98. The number of hydrogen-bond donors (Lipinski definition) is 1. The molecule has 1 aromatic carbocycles. The predicted molar refractivity (Wildman–Crippen MR) is 72.9 cm³/mol. The van der Waals surface area contributed by atoms with Crippen molar-refractivity contribution in [3.05, 3.63) is 47.8 Å². The van der Waals surface area contributed by atoms with E-state index in [0.717, 1.165) is 0 Å². The van der Waals surface area contributed by atoms with Gasteiger partial charge in [0.1, 0.15) is 6.17 Å². The summed E-state index contributed by atoms with van der Waals surface area (Å²) >= 11 is 0. The zero-order valence-corrected chi connectivity index (χ0v) is 11.0. The lowest BCUT2D eigenvalue weighted by molar-refractivity contribution is 0.0509. The number of hydrogen-bond acceptors (Lipinski definition) is 4. The van der Waals surface area contributed by atoms with E-state index in [2.05, 4.69) is 4.98 Å². The summed E-state index contributed by atoms with van der Waals surface area (Å²) in [6.45, 7) is 1.90. The summed E-state index contributed by atoms with van der Waals surface area (Å²) < 4.78 is 1.64. The number of rotatable bonds is 3. The fraction of sp³-hybridized carbons (Fsp3) is 0.214. The third-order valence-electron chi connectivity index (χ3n) is 3.51. The van der Waals surface area contributed by atoms with Gasteiger partial charge < -0.3 is 5.73 Å². The highest BCUT2D eigenvalue weighted by atomic mass is 16.2. The molecule has 6 heteroatoms. The molecule has 0 aliphatic carbocycles. The van der Waals surface area contributed by atoms with Crippen LogP contribution >= 0.6 is 0 Å². The molecular formula is C14H14N4O2. The van der Waals surface area contributed by atoms with Gasteiger partial charge >= 0.3 is 0 Å². The third-order valence-corrected chi connectivity index (χ3v) is 3.51. The van der Waals surface area contributed by atoms with Gasteiger partial charge in [0.25, 0.3) is 11.8 Å². The molecule has 2 N–H and O–H groups in total. The quantitative estimate of drug-likeness (QED) is 0.860. The van der Waals surface area contributed by atoms with Crippen LogP contribution in [0.4, 0.5) is 5.95 Å². The van der Waals surface area contributed by atoms with Crippen LogP contribution in [0.5, 0.6) is 0 Å². The van der Waals surface area contributed by atoms with Crippen LogP contribution < -0.4 is 5.73 Å². The molecule has 0 radical (unpaired) electrons. The van der Waals surface area contributed by atoms with E-state index in [4.69, 9.17) is 5.73 Å². The summed E-state index contributed by atoms with van der Waals surface area (Å²) in [5.41, 5.74) is 6.66. The smallest absolute Gasteiger partial charge is 0.263 e. The lowest BCUT2D eigenvalue weighted by Gasteiger charge is -2.26. The Balaban J connectivity index is 2.05. The Labute approximate surface area is 115 Å². The van der Waals surface area contributed by atoms with Crippen LogP contribution in [0.2, 0.25) is 0 Å². The van der Waals surface area contributed by atoms with Gasteiger partial charge in [0.2, 0.25) is 5.95 Å². The molecular weight excluding hydrogens is 256 g/mol. The molecule has 3 rings (SSSR count). The summed E-state index contributed by atoms with van der Waals surface area (Å²) in [5.74, 6) is -0.287. The van der Waals surface area contributed by atoms with Crippen LogP contribution in [0.15, 0.2) is 36.7 Å². The summed E-state index contributed by atoms with van der Waals surface area (Å²) in [7, 11) is 0. The molecule has 1 aromatic heterocycles. The van der Waals surface area contributed by atoms with Gasteiger partial charge in [0, 0.05) is 12.4 Å². The van der Waals surface area contributed by atoms with Crippen molar-refractivity contribution in [3.63, 3.8) is 0 Å². The number of nitrogen functional groups attached to an aromatic ring is 1. The Morgan fingerprint density at radius 2 is 1.80 bits per heavy atom. The van der Waals surface area contributed by atoms with Crippen LogP contribution in [0, 0.1) is 0 Å². The van der Waals surface area contributed by atoms with Gasteiger partial charge in [0.15, 0.2) is 0 Å². The molecule has 1 aliphatic rings. The van der Waals surface area contributed by atoms with Gasteiger partial charge in [-0.2, -0.15) is 0 Å². The van der Waals surface area contributed by atoms with E-state index >= 15 is 0 Å². The standard InChI is InChI=1S/C14H14N4O2/c1-2-11(17-8-7-16-14(17)15)18-12(19)9-5-3-4-6-10(9)13(18)20/h3-8,11H,2H2,1H3,(H2,15,16). The Morgan fingerprint density at radius 1 is 1.20 bits per heavy atom. The first-order valence-corrected chi connectivity index (χ1v) is 6.40. The number of nitrogens with two attached hydrogens (primary N) is 1. The highest BCUT2D eigenvalue weighted by Crippen LogP contribution is 2.30. The fourth-order valence-electron chi connectivity index (χ4n) is 2.56. The minimum atomic E-state index is -0.454. The van der Waals surface area contributed by atoms with Crippen molar-refractivity contribution in [2.24, 2.45) is 0 Å². The molecule has 2 heterocycles. The molecule has 0 saturated carbocycles. The maximum Gasteiger partial charge on any atom is 0.263 e. The predicted octanol–water partition coefficient (Wildman–Crippen LogP) is 1.67. The lowest BCUT2D eigenvalue weighted by Crippen LogP contribution is -2.37. The number of imide groups is 1. The largest absolute Gasteiger partial charge is 0.369 e. The Hall–Kier alpha value is -2.63. The Bertz CT molecular complexity index is 657. The zero-order valence-electron chi connectivity index (χ0n) is 11.0. The number of anilines is 1. The summed E-state index contributed by atoms with van der Waals surface area (Å²) in [4.78, 5) is 30.1. The maximum absolute atomic E-state index is 12.4. The molecule has 1 atom stereocenters. The molecule has 6 nitrogen and oxygen atoms in total. The zero-order chi connectivity index (χ0) is 14.3. The first-order valence-electron chi connectivity index (χ1n) is 6.40. The summed E-state index contributed by atoms with van der Waals surface area (Å²) in [6, 6.07) is 6.83. The minimum absolute atomic E-state index is 0.286. The van der Waals surface area contributed by atoms with Crippen LogP contribution in [-0.4, -0.2) is 26.3 Å². The van der Waals surface area contributed by atoms with Gasteiger partial charge in [-0.3, -0.25) is 19.1 Å². The van der Waals surface area contributed by atoms with E-state index in [1.165, 1.54) is 4.90 Å². The van der Waals surface area contributed by atoms with Gasteiger partial charge in [0.05, 0.1) is 11.1 Å². The van der Waals surface area contributed by atoms with Crippen molar-refractivity contribution in [3.8, 4) is 0 Å². The third kappa shape index (κ3) is 1.61. The Kier molecular flexibility index (Phi) is 2.78. The monoisotopic (exact) mass is 270 g/mol. The molecule has 0 fully saturated rings. The topological polar surface area (TPSA) is 81.2 Å². The molecule has 1 unspecified atom stereocenters. The first-order chi connectivity index (χ1) is 9.65. The molecule has 0 bridgehead atoms. The SMILES string of the molecule is CCC(N1C(=O)c2ccccc2C1=O)n1ccnc1N. The number of fused-ring (bicyclic) bond motifs is 1. The molecule has 2 aromatic rings. The van der Waals surface area contributed by atoms with Crippen molar-refractivity contribution in [2.75, 3.05) is 5.73 Å². The summed E-state index contributed by atoms with van der Waals surface area (Å²) in [6.07, 6.45) is 3.33. The van der Waals surface area contributed by atoms with E-state index in [-0.39, 0.29) is 17.8 Å². The van der Waals surface area contributed by atoms with E-state index < -0.39 is 6.17 Å². The number of imidazole rings is 1. The highest BCUT2D eigenvalue weighted by molar-refractivity contribution is 6.21. The van der Waals surface area contributed by atoms with Crippen LogP contribution in [0.1, 0.15) is 40.2 Å². The minimum Gasteiger partial charge on any atom is -0.369 e. The van der Waals surface area contributed by atoms with E-state index in [9.17, 15) is 9.59 Å². The molecule has 0 saturated heterocycles.